The van der Waals surface area contributed by atoms with E-state index in [-0.39, 0.29) is 24.3 Å². The van der Waals surface area contributed by atoms with E-state index >= 15 is 0 Å². The van der Waals surface area contributed by atoms with Crippen molar-refractivity contribution in [1.82, 2.24) is 4.90 Å². The van der Waals surface area contributed by atoms with Gasteiger partial charge in [0.05, 0.1) is 3.57 Å². The quantitative estimate of drug-likeness (QED) is 0.789. The lowest BCUT2D eigenvalue weighted by atomic mass is 10.1. The molecular weight excluding hydrogens is 345 g/mol. The fraction of sp³-hybridized carbons (Fsp3) is 0.462. The minimum atomic E-state index is -0.120. The lowest BCUT2D eigenvalue weighted by Crippen LogP contribution is -2.38. The summed E-state index contributed by atoms with van der Waals surface area (Å²) in [5, 5.41) is 18.5. The first-order valence-corrected chi connectivity index (χ1v) is 6.95. The second-order valence-electron chi connectivity index (χ2n) is 4.34. The van der Waals surface area contributed by atoms with Gasteiger partial charge < -0.3 is 15.1 Å². The molecule has 2 N–H and O–H groups in total. The Balaban J connectivity index is 2.91. The molecule has 0 radical (unpaired) electrons. The van der Waals surface area contributed by atoms with E-state index in [1.165, 1.54) is 6.07 Å². The summed E-state index contributed by atoms with van der Waals surface area (Å²) in [5.74, 6) is -0.00235. The fourth-order valence-electron chi connectivity index (χ4n) is 1.65. The minimum absolute atomic E-state index is 0.0606. The van der Waals surface area contributed by atoms with Crippen molar-refractivity contribution >= 4 is 28.5 Å². The lowest BCUT2D eigenvalue weighted by molar-refractivity contribution is 0.0692. The van der Waals surface area contributed by atoms with Crippen molar-refractivity contribution in [1.29, 1.82) is 0 Å². The molecule has 1 amide bonds. The van der Waals surface area contributed by atoms with E-state index in [0.29, 0.717) is 18.5 Å². The van der Waals surface area contributed by atoms with Crippen LogP contribution >= 0.6 is 22.6 Å². The molecular formula is C13H18INO3. The molecule has 1 rings (SSSR count). The average Bonchev–Trinajstić information content (AvgIpc) is 2.32. The Bertz CT molecular complexity index is 421. The van der Waals surface area contributed by atoms with Crippen LogP contribution in [0.4, 0.5) is 0 Å². The number of aliphatic hydroxyl groups excluding tert-OH is 1. The second kappa shape index (κ2) is 6.94. The monoisotopic (exact) mass is 363 g/mol. The highest BCUT2D eigenvalue weighted by atomic mass is 127. The van der Waals surface area contributed by atoms with Gasteiger partial charge in [-0.2, -0.15) is 0 Å². The summed E-state index contributed by atoms with van der Waals surface area (Å²) in [7, 11) is 0. The van der Waals surface area contributed by atoms with Crippen LogP contribution in [-0.4, -0.2) is 40.2 Å². The number of rotatable bonds is 5. The van der Waals surface area contributed by atoms with Crippen molar-refractivity contribution in [2.45, 2.75) is 26.3 Å². The van der Waals surface area contributed by atoms with Crippen molar-refractivity contribution in [3.63, 3.8) is 0 Å². The summed E-state index contributed by atoms with van der Waals surface area (Å²) < 4.78 is 0.718. The van der Waals surface area contributed by atoms with Crippen LogP contribution in [-0.2, 0) is 0 Å². The highest BCUT2D eigenvalue weighted by molar-refractivity contribution is 14.1. The Hall–Kier alpha value is -0.820. The highest BCUT2D eigenvalue weighted by Crippen LogP contribution is 2.21. The van der Waals surface area contributed by atoms with Gasteiger partial charge in [0.2, 0.25) is 0 Å². The van der Waals surface area contributed by atoms with E-state index in [2.05, 4.69) is 0 Å². The third-order valence-corrected chi connectivity index (χ3v) is 3.55. The lowest BCUT2D eigenvalue weighted by Gasteiger charge is -2.26. The smallest absolute Gasteiger partial charge is 0.254 e. The van der Waals surface area contributed by atoms with Gasteiger partial charge in [-0.3, -0.25) is 4.79 Å². The zero-order valence-electron chi connectivity index (χ0n) is 10.6. The Morgan fingerprint density at radius 3 is 2.61 bits per heavy atom. The van der Waals surface area contributed by atoms with Crippen LogP contribution < -0.4 is 0 Å². The standard InChI is InChI=1S/C13H18INO3/c1-9(2)15(6-3-7-16)13(18)10-4-5-11(14)12(17)8-10/h4-5,8-9,16-17H,3,6-7H2,1-2H3. The van der Waals surface area contributed by atoms with Gasteiger partial charge in [-0.15, -0.1) is 0 Å². The molecule has 100 valence electrons. The number of hydrogen-bond acceptors (Lipinski definition) is 3. The highest BCUT2D eigenvalue weighted by Gasteiger charge is 2.18. The number of hydrogen-bond donors (Lipinski definition) is 2. The first-order valence-electron chi connectivity index (χ1n) is 5.87. The van der Waals surface area contributed by atoms with Crippen molar-refractivity contribution in [3.8, 4) is 5.75 Å². The Morgan fingerprint density at radius 2 is 2.11 bits per heavy atom. The first-order chi connectivity index (χ1) is 8.47. The number of amides is 1. The number of phenols is 1. The molecule has 4 nitrogen and oxygen atoms in total. The van der Waals surface area contributed by atoms with E-state index in [9.17, 15) is 9.90 Å². The molecule has 0 aliphatic heterocycles. The summed E-state index contributed by atoms with van der Waals surface area (Å²) in [6.07, 6.45) is 0.556. The molecule has 0 heterocycles. The zero-order valence-corrected chi connectivity index (χ0v) is 12.7. The van der Waals surface area contributed by atoms with E-state index in [1.54, 1.807) is 17.0 Å². The first kappa shape index (κ1) is 15.2. The van der Waals surface area contributed by atoms with E-state index in [1.807, 2.05) is 36.4 Å². The van der Waals surface area contributed by atoms with Crippen LogP contribution in [0.25, 0.3) is 0 Å². The van der Waals surface area contributed by atoms with Crippen LogP contribution in [0, 0.1) is 3.57 Å². The van der Waals surface area contributed by atoms with Gasteiger partial charge >= 0.3 is 0 Å². The number of carbonyl (C=O) groups is 1. The predicted molar refractivity (Wildman–Crippen MR) is 78.7 cm³/mol. The van der Waals surface area contributed by atoms with Gasteiger partial charge in [-0.1, -0.05) is 0 Å². The number of benzene rings is 1. The van der Waals surface area contributed by atoms with Crippen molar-refractivity contribution in [3.05, 3.63) is 27.3 Å². The van der Waals surface area contributed by atoms with E-state index in [0.717, 1.165) is 3.57 Å². The number of phenolic OH excluding ortho intramolecular Hbond substituents is 1. The molecule has 0 aromatic heterocycles. The van der Waals surface area contributed by atoms with Gasteiger partial charge in [0.25, 0.3) is 5.91 Å². The molecule has 0 aliphatic carbocycles. The normalized spacial score (nSPS) is 10.7. The SMILES string of the molecule is CC(C)N(CCCO)C(=O)c1ccc(I)c(O)c1. The molecule has 0 spiro atoms. The Labute approximate surface area is 121 Å². The fourth-order valence-corrected chi connectivity index (χ4v) is 1.98. The van der Waals surface area contributed by atoms with Crippen molar-refractivity contribution in [2.24, 2.45) is 0 Å². The molecule has 5 heteroatoms. The summed E-state index contributed by atoms with van der Waals surface area (Å²) >= 11 is 2.01. The maximum absolute atomic E-state index is 12.3. The van der Waals surface area contributed by atoms with Crippen molar-refractivity contribution < 1.29 is 15.0 Å². The topological polar surface area (TPSA) is 60.8 Å². The second-order valence-corrected chi connectivity index (χ2v) is 5.50. The van der Waals surface area contributed by atoms with Crippen molar-refractivity contribution in [2.75, 3.05) is 13.2 Å². The molecule has 1 aromatic carbocycles. The predicted octanol–water partition coefficient (Wildman–Crippen LogP) is 2.23. The number of aliphatic hydroxyl groups is 1. The largest absolute Gasteiger partial charge is 0.507 e. The summed E-state index contributed by atoms with van der Waals surface area (Å²) in [4.78, 5) is 14.0. The van der Waals surface area contributed by atoms with Gasteiger partial charge in [0.1, 0.15) is 5.75 Å². The number of nitrogens with zero attached hydrogens (tertiary/aromatic N) is 1. The minimum Gasteiger partial charge on any atom is -0.507 e. The molecule has 0 saturated heterocycles. The molecule has 18 heavy (non-hydrogen) atoms. The maximum Gasteiger partial charge on any atom is 0.254 e. The number of carbonyl (C=O) groups excluding carboxylic acids is 1. The number of halogens is 1. The number of aromatic hydroxyl groups is 1. The van der Waals surface area contributed by atoms with Crippen LogP contribution in [0.1, 0.15) is 30.6 Å². The third kappa shape index (κ3) is 3.84. The summed E-state index contributed by atoms with van der Waals surface area (Å²) in [5.41, 5.74) is 0.472. The van der Waals surface area contributed by atoms with Gasteiger partial charge in [-0.25, -0.2) is 0 Å². The Morgan fingerprint density at radius 1 is 1.44 bits per heavy atom. The molecule has 0 saturated carbocycles. The molecule has 0 unspecified atom stereocenters. The molecule has 0 atom stereocenters. The molecule has 0 fully saturated rings. The van der Waals surface area contributed by atoms with Gasteiger partial charge in [0, 0.05) is 24.8 Å². The Kier molecular flexibility index (Phi) is 5.87. The zero-order chi connectivity index (χ0) is 13.7. The van der Waals surface area contributed by atoms with Gasteiger partial charge in [-0.05, 0) is 61.1 Å². The summed E-state index contributed by atoms with van der Waals surface area (Å²) in [6.45, 7) is 4.44. The van der Waals surface area contributed by atoms with Crippen LogP contribution in [0.2, 0.25) is 0 Å². The van der Waals surface area contributed by atoms with E-state index in [4.69, 9.17) is 5.11 Å². The van der Waals surface area contributed by atoms with E-state index < -0.39 is 0 Å². The third-order valence-electron chi connectivity index (χ3n) is 2.63. The molecule has 0 aliphatic rings. The van der Waals surface area contributed by atoms with Gasteiger partial charge in [0.15, 0.2) is 0 Å². The molecule has 1 aromatic rings. The van der Waals surface area contributed by atoms with Crippen LogP contribution in [0.15, 0.2) is 18.2 Å². The average molecular weight is 363 g/mol. The molecule has 0 bridgehead atoms. The van der Waals surface area contributed by atoms with Crippen LogP contribution in [0.5, 0.6) is 5.75 Å². The van der Waals surface area contributed by atoms with Crippen LogP contribution in [0.3, 0.4) is 0 Å². The summed E-state index contributed by atoms with van der Waals surface area (Å²) in [6, 6.07) is 4.97. The maximum atomic E-state index is 12.3.